The average Bonchev–Trinajstić information content (AvgIpc) is 2.57. The Labute approximate surface area is 81.9 Å². The molecule has 3 rings (SSSR count). The van der Waals surface area contributed by atoms with Crippen molar-refractivity contribution in [3.8, 4) is 0 Å². The molecule has 0 bridgehead atoms. The Bertz CT molecular complexity index is 459. The normalized spacial score (nSPS) is 24.0. The third-order valence-electron chi connectivity index (χ3n) is 3.17. The fourth-order valence-electron chi connectivity index (χ4n) is 2.51. The van der Waals surface area contributed by atoms with Crippen LogP contribution in [0.25, 0.3) is 0 Å². The van der Waals surface area contributed by atoms with E-state index in [9.17, 15) is 4.79 Å². The summed E-state index contributed by atoms with van der Waals surface area (Å²) in [7, 11) is 0. The molecule has 0 spiro atoms. The van der Waals surface area contributed by atoms with E-state index in [1.807, 2.05) is 6.07 Å². The lowest BCUT2D eigenvalue weighted by atomic mass is 9.84. The molecule has 1 aromatic heterocycles. The van der Waals surface area contributed by atoms with E-state index in [0.717, 1.165) is 24.1 Å². The van der Waals surface area contributed by atoms with Gasteiger partial charge in [0.05, 0.1) is 11.3 Å². The van der Waals surface area contributed by atoms with Crippen LogP contribution < -0.4 is 5.56 Å². The highest BCUT2D eigenvalue weighted by molar-refractivity contribution is 5.98. The number of aromatic nitrogens is 1. The van der Waals surface area contributed by atoms with Gasteiger partial charge >= 0.3 is 0 Å². The maximum Gasteiger partial charge on any atom is 0.253 e. The number of fused-ring (bicyclic) bond motifs is 3. The van der Waals surface area contributed by atoms with Gasteiger partial charge in [0.2, 0.25) is 0 Å². The van der Waals surface area contributed by atoms with Gasteiger partial charge in [0.15, 0.2) is 0 Å². The van der Waals surface area contributed by atoms with Gasteiger partial charge in [-0.3, -0.25) is 9.79 Å². The zero-order valence-electron chi connectivity index (χ0n) is 7.92. The first-order valence-electron chi connectivity index (χ1n) is 5.15. The molecule has 1 aliphatic carbocycles. The molecule has 3 nitrogen and oxygen atoms in total. The Morgan fingerprint density at radius 1 is 1.43 bits per heavy atom. The van der Waals surface area contributed by atoms with Crippen molar-refractivity contribution < 1.29 is 0 Å². The van der Waals surface area contributed by atoms with Gasteiger partial charge in [-0.05, 0) is 25.3 Å². The van der Waals surface area contributed by atoms with Crippen molar-refractivity contribution in [2.24, 2.45) is 4.99 Å². The molecule has 1 fully saturated rings. The summed E-state index contributed by atoms with van der Waals surface area (Å²) in [6, 6.07) is 1.90. The van der Waals surface area contributed by atoms with Crippen molar-refractivity contribution in [2.75, 3.05) is 0 Å². The summed E-state index contributed by atoms with van der Waals surface area (Å²) in [6.07, 6.45) is 6.29. The molecule has 3 heteroatoms. The second kappa shape index (κ2) is 2.80. The molecule has 72 valence electrons. The minimum atomic E-state index is 0.0492. The molecule has 1 atom stereocenters. The monoisotopic (exact) mass is 188 g/mol. The first kappa shape index (κ1) is 7.97. The van der Waals surface area contributed by atoms with Crippen molar-refractivity contribution >= 4 is 11.4 Å². The Kier molecular flexibility index (Phi) is 1.60. The Morgan fingerprint density at radius 3 is 3.29 bits per heavy atom. The van der Waals surface area contributed by atoms with Gasteiger partial charge in [-0.1, -0.05) is 6.42 Å². The number of nitrogens with one attached hydrogen (secondary N) is 1. The zero-order chi connectivity index (χ0) is 9.54. The first-order valence-corrected chi connectivity index (χ1v) is 5.15. The Morgan fingerprint density at radius 2 is 2.36 bits per heavy atom. The number of aliphatic imine (C=N–C) groups is 1. The highest BCUT2D eigenvalue weighted by atomic mass is 16.1. The predicted octanol–water partition coefficient (Wildman–Crippen LogP) is 2.12. The zero-order valence-corrected chi connectivity index (χ0v) is 7.92. The van der Waals surface area contributed by atoms with E-state index in [-0.39, 0.29) is 5.56 Å². The van der Waals surface area contributed by atoms with Gasteiger partial charge in [-0.15, -0.1) is 0 Å². The third-order valence-corrected chi connectivity index (χ3v) is 3.17. The molecule has 0 radical (unpaired) electrons. The topological polar surface area (TPSA) is 45.2 Å². The van der Waals surface area contributed by atoms with E-state index >= 15 is 0 Å². The first-order chi connectivity index (χ1) is 6.86. The number of H-pyrrole nitrogens is 1. The van der Waals surface area contributed by atoms with Crippen LogP contribution >= 0.6 is 0 Å². The predicted molar refractivity (Wildman–Crippen MR) is 55.4 cm³/mol. The van der Waals surface area contributed by atoms with Crippen molar-refractivity contribution in [3.63, 3.8) is 0 Å². The van der Waals surface area contributed by atoms with E-state index in [1.54, 1.807) is 6.20 Å². The van der Waals surface area contributed by atoms with Crippen molar-refractivity contribution in [1.82, 2.24) is 4.98 Å². The fraction of sp³-hybridized carbons (Fsp3) is 0.455. The number of hydrogen-bond donors (Lipinski definition) is 1. The van der Waals surface area contributed by atoms with Crippen LogP contribution in [0.4, 0.5) is 5.69 Å². The van der Waals surface area contributed by atoms with E-state index in [4.69, 9.17) is 0 Å². The van der Waals surface area contributed by atoms with Gasteiger partial charge in [0.1, 0.15) is 0 Å². The molecular weight excluding hydrogens is 176 g/mol. The van der Waals surface area contributed by atoms with Gasteiger partial charge in [-0.2, -0.15) is 0 Å². The summed E-state index contributed by atoms with van der Waals surface area (Å²) >= 11 is 0. The second-order valence-electron chi connectivity index (χ2n) is 4.01. The minimum absolute atomic E-state index is 0.0492. The number of hydrogen-bond acceptors (Lipinski definition) is 2. The van der Waals surface area contributed by atoms with E-state index in [1.165, 1.54) is 18.6 Å². The largest absolute Gasteiger partial charge is 0.329 e. The number of rotatable bonds is 0. The Balaban J connectivity index is 2.18. The number of pyridine rings is 1. The molecule has 1 aromatic rings. The third kappa shape index (κ3) is 0.983. The lowest BCUT2D eigenvalue weighted by molar-refractivity contribution is 0.618. The molecule has 1 unspecified atom stereocenters. The molecular formula is C11H12N2O. The Hall–Kier alpha value is -1.38. The minimum Gasteiger partial charge on any atom is -0.329 e. The molecule has 0 amide bonds. The summed E-state index contributed by atoms with van der Waals surface area (Å²) in [6.45, 7) is 0. The van der Waals surface area contributed by atoms with E-state index < -0.39 is 0 Å². The van der Waals surface area contributed by atoms with Crippen LogP contribution in [0, 0.1) is 0 Å². The van der Waals surface area contributed by atoms with Crippen molar-refractivity contribution in [3.05, 3.63) is 28.2 Å². The van der Waals surface area contributed by atoms with E-state index in [0.29, 0.717) is 5.92 Å². The maximum atomic E-state index is 11.6. The number of nitrogens with zero attached hydrogens (tertiary/aromatic N) is 1. The van der Waals surface area contributed by atoms with Gasteiger partial charge < -0.3 is 4.98 Å². The standard InChI is InChI=1S/C11H12N2O/c14-11-10-7-3-1-2-4-8(7)13-9(10)5-6-12-11/h5-7H,1-4H2,(H,12,14). The molecule has 2 heterocycles. The summed E-state index contributed by atoms with van der Waals surface area (Å²) in [4.78, 5) is 18.9. The van der Waals surface area contributed by atoms with Crippen molar-refractivity contribution in [1.29, 1.82) is 0 Å². The van der Waals surface area contributed by atoms with Gasteiger partial charge in [0.25, 0.3) is 5.56 Å². The highest BCUT2D eigenvalue weighted by Crippen LogP contribution is 2.39. The molecule has 1 N–H and O–H groups in total. The lowest BCUT2D eigenvalue weighted by Gasteiger charge is -2.18. The highest BCUT2D eigenvalue weighted by Gasteiger charge is 2.31. The molecule has 2 aliphatic rings. The number of aromatic amines is 1. The van der Waals surface area contributed by atoms with Crippen LogP contribution in [0.1, 0.15) is 37.2 Å². The van der Waals surface area contributed by atoms with E-state index in [2.05, 4.69) is 9.98 Å². The van der Waals surface area contributed by atoms with Crippen LogP contribution in [0.5, 0.6) is 0 Å². The van der Waals surface area contributed by atoms with Crippen LogP contribution in [-0.4, -0.2) is 10.7 Å². The SMILES string of the molecule is O=c1[nH]ccc2c1C1CCCCC1=N2. The molecule has 1 aliphatic heterocycles. The maximum absolute atomic E-state index is 11.6. The van der Waals surface area contributed by atoms with Crippen molar-refractivity contribution in [2.45, 2.75) is 31.6 Å². The lowest BCUT2D eigenvalue weighted by Crippen LogP contribution is -2.20. The van der Waals surface area contributed by atoms with Crippen LogP contribution in [0.2, 0.25) is 0 Å². The van der Waals surface area contributed by atoms with Gasteiger partial charge in [0, 0.05) is 17.8 Å². The summed E-state index contributed by atoms with van der Waals surface area (Å²) in [5, 5.41) is 0. The quantitative estimate of drug-likeness (QED) is 0.666. The summed E-state index contributed by atoms with van der Waals surface area (Å²) in [5.41, 5.74) is 3.08. The summed E-state index contributed by atoms with van der Waals surface area (Å²) in [5.74, 6) is 0.323. The van der Waals surface area contributed by atoms with Crippen LogP contribution in [0.15, 0.2) is 22.1 Å². The van der Waals surface area contributed by atoms with Crippen LogP contribution in [-0.2, 0) is 0 Å². The molecule has 1 saturated carbocycles. The smallest absolute Gasteiger partial charge is 0.253 e. The fourth-order valence-corrected chi connectivity index (χ4v) is 2.51. The van der Waals surface area contributed by atoms with Gasteiger partial charge in [-0.25, -0.2) is 0 Å². The average molecular weight is 188 g/mol. The molecule has 0 aromatic carbocycles. The summed E-state index contributed by atoms with van der Waals surface area (Å²) < 4.78 is 0. The second-order valence-corrected chi connectivity index (χ2v) is 4.01. The van der Waals surface area contributed by atoms with Crippen LogP contribution in [0.3, 0.4) is 0 Å². The molecule has 14 heavy (non-hydrogen) atoms. The molecule has 0 saturated heterocycles.